The Morgan fingerprint density at radius 2 is 2.27 bits per heavy atom. The SMILES string of the molecule is Fc1ccc2c(c1)CCCN2Cc1nc(-c2cccs2)no1. The molecule has 3 aromatic rings. The van der Waals surface area contributed by atoms with Crippen molar-refractivity contribution in [2.75, 3.05) is 11.4 Å². The van der Waals surface area contributed by atoms with Crippen LogP contribution in [0.5, 0.6) is 0 Å². The molecule has 0 saturated heterocycles. The number of hydrogen-bond donors (Lipinski definition) is 0. The molecule has 1 aliphatic heterocycles. The van der Waals surface area contributed by atoms with E-state index < -0.39 is 0 Å². The number of aromatic nitrogens is 2. The third kappa shape index (κ3) is 2.50. The highest BCUT2D eigenvalue weighted by Crippen LogP contribution is 2.29. The third-order valence-corrected chi connectivity index (χ3v) is 4.66. The number of halogens is 1. The summed E-state index contributed by atoms with van der Waals surface area (Å²) >= 11 is 1.59. The van der Waals surface area contributed by atoms with E-state index in [4.69, 9.17) is 4.52 Å². The fourth-order valence-electron chi connectivity index (χ4n) is 2.80. The molecule has 2 aromatic heterocycles. The molecular formula is C16H14FN3OS. The molecule has 0 radical (unpaired) electrons. The topological polar surface area (TPSA) is 42.2 Å². The minimum Gasteiger partial charge on any atom is -0.362 e. The van der Waals surface area contributed by atoms with Crippen LogP contribution >= 0.6 is 11.3 Å². The molecule has 0 fully saturated rings. The van der Waals surface area contributed by atoms with Crippen LogP contribution in [0.2, 0.25) is 0 Å². The van der Waals surface area contributed by atoms with Crippen molar-refractivity contribution < 1.29 is 8.91 Å². The van der Waals surface area contributed by atoms with Crippen LogP contribution in [0.25, 0.3) is 10.7 Å². The molecule has 22 heavy (non-hydrogen) atoms. The van der Waals surface area contributed by atoms with Gasteiger partial charge in [0.05, 0.1) is 11.4 Å². The third-order valence-electron chi connectivity index (χ3n) is 3.79. The zero-order chi connectivity index (χ0) is 14.9. The number of anilines is 1. The maximum atomic E-state index is 13.4. The van der Waals surface area contributed by atoms with Crippen molar-refractivity contribution in [3.8, 4) is 10.7 Å². The Hall–Kier alpha value is -2.21. The molecule has 0 aliphatic carbocycles. The van der Waals surface area contributed by atoms with Gasteiger partial charge in [0.1, 0.15) is 5.82 Å². The van der Waals surface area contributed by atoms with Crippen LogP contribution in [0.15, 0.2) is 40.2 Å². The van der Waals surface area contributed by atoms with Gasteiger partial charge in [0, 0.05) is 12.2 Å². The first kappa shape index (κ1) is 13.5. The van der Waals surface area contributed by atoms with E-state index >= 15 is 0 Å². The smallest absolute Gasteiger partial charge is 0.246 e. The van der Waals surface area contributed by atoms with Crippen molar-refractivity contribution in [3.63, 3.8) is 0 Å². The first-order valence-electron chi connectivity index (χ1n) is 7.19. The first-order valence-corrected chi connectivity index (χ1v) is 8.07. The summed E-state index contributed by atoms with van der Waals surface area (Å²) in [5.74, 6) is 1.03. The van der Waals surface area contributed by atoms with Gasteiger partial charge in [-0.25, -0.2) is 4.39 Å². The molecule has 4 rings (SSSR count). The molecule has 0 spiro atoms. The van der Waals surface area contributed by atoms with Crippen LogP contribution in [0, 0.1) is 5.82 Å². The maximum absolute atomic E-state index is 13.4. The summed E-state index contributed by atoms with van der Waals surface area (Å²) in [6, 6.07) is 8.89. The van der Waals surface area contributed by atoms with Gasteiger partial charge in [-0.2, -0.15) is 4.98 Å². The van der Waals surface area contributed by atoms with E-state index in [1.54, 1.807) is 17.4 Å². The van der Waals surface area contributed by atoms with Gasteiger partial charge in [-0.15, -0.1) is 11.3 Å². The predicted octanol–water partition coefficient (Wildman–Crippen LogP) is 3.89. The normalized spacial score (nSPS) is 14.1. The number of hydrogen-bond acceptors (Lipinski definition) is 5. The zero-order valence-corrected chi connectivity index (χ0v) is 12.6. The predicted molar refractivity (Wildman–Crippen MR) is 83.4 cm³/mol. The van der Waals surface area contributed by atoms with Crippen LogP contribution in [-0.4, -0.2) is 16.7 Å². The highest BCUT2D eigenvalue weighted by Gasteiger charge is 2.20. The standard InChI is InChI=1S/C16H14FN3OS/c17-12-5-6-13-11(9-12)3-1-7-20(13)10-15-18-16(19-21-15)14-4-2-8-22-14/h2,4-6,8-9H,1,3,7,10H2. The lowest BCUT2D eigenvalue weighted by molar-refractivity contribution is 0.375. The highest BCUT2D eigenvalue weighted by molar-refractivity contribution is 7.13. The fourth-order valence-corrected chi connectivity index (χ4v) is 3.45. The van der Waals surface area contributed by atoms with Crippen LogP contribution < -0.4 is 4.90 Å². The zero-order valence-electron chi connectivity index (χ0n) is 11.8. The number of thiophene rings is 1. The second kappa shape index (κ2) is 5.53. The van der Waals surface area contributed by atoms with Crippen LogP contribution in [-0.2, 0) is 13.0 Å². The molecule has 0 saturated carbocycles. The van der Waals surface area contributed by atoms with Gasteiger partial charge in [0.2, 0.25) is 11.7 Å². The van der Waals surface area contributed by atoms with E-state index in [9.17, 15) is 4.39 Å². The molecule has 1 aromatic carbocycles. The van der Waals surface area contributed by atoms with Crippen molar-refractivity contribution >= 4 is 17.0 Å². The van der Waals surface area contributed by atoms with Crippen LogP contribution in [0.1, 0.15) is 17.9 Å². The molecule has 0 bridgehead atoms. The van der Waals surface area contributed by atoms with E-state index in [1.807, 2.05) is 23.6 Å². The number of aryl methyl sites for hydroxylation is 1. The highest BCUT2D eigenvalue weighted by atomic mass is 32.1. The quantitative estimate of drug-likeness (QED) is 0.735. The summed E-state index contributed by atoms with van der Waals surface area (Å²) in [4.78, 5) is 7.62. The fraction of sp³-hybridized carbons (Fsp3) is 0.250. The molecule has 4 nitrogen and oxygen atoms in total. The average Bonchev–Trinajstić information content (AvgIpc) is 3.18. The number of fused-ring (bicyclic) bond motifs is 1. The van der Waals surface area contributed by atoms with Gasteiger partial charge in [-0.3, -0.25) is 0 Å². The maximum Gasteiger partial charge on any atom is 0.246 e. The van der Waals surface area contributed by atoms with Gasteiger partial charge < -0.3 is 9.42 Å². The Bertz CT molecular complexity index is 785. The average molecular weight is 315 g/mol. The van der Waals surface area contributed by atoms with E-state index in [1.165, 1.54) is 6.07 Å². The van der Waals surface area contributed by atoms with Gasteiger partial charge in [0.25, 0.3) is 0 Å². The second-order valence-electron chi connectivity index (χ2n) is 5.29. The first-order chi connectivity index (χ1) is 10.8. The Balaban J connectivity index is 1.58. The Morgan fingerprint density at radius 1 is 1.32 bits per heavy atom. The molecule has 0 N–H and O–H groups in total. The van der Waals surface area contributed by atoms with E-state index in [0.29, 0.717) is 18.3 Å². The van der Waals surface area contributed by atoms with Crippen molar-refractivity contribution in [1.82, 2.24) is 10.1 Å². The van der Waals surface area contributed by atoms with Gasteiger partial charge in [0.15, 0.2) is 0 Å². The molecule has 1 aliphatic rings. The molecule has 0 atom stereocenters. The molecule has 112 valence electrons. The van der Waals surface area contributed by atoms with Crippen molar-refractivity contribution in [3.05, 3.63) is 53.0 Å². The van der Waals surface area contributed by atoms with Crippen molar-refractivity contribution in [1.29, 1.82) is 0 Å². The second-order valence-corrected chi connectivity index (χ2v) is 6.23. The van der Waals surface area contributed by atoms with Gasteiger partial charge >= 0.3 is 0 Å². The summed E-state index contributed by atoms with van der Waals surface area (Å²) in [6.07, 6.45) is 1.91. The van der Waals surface area contributed by atoms with E-state index in [0.717, 1.165) is 35.5 Å². The Morgan fingerprint density at radius 3 is 3.14 bits per heavy atom. The van der Waals surface area contributed by atoms with Crippen molar-refractivity contribution in [2.24, 2.45) is 0 Å². The van der Waals surface area contributed by atoms with Gasteiger partial charge in [-0.05, 0) is 48.1 Å². The molecule has 0 unspecified atom stereocenters. The lowest BCUT2D eigenvalue weighted by Crippen LogP contribution is -2.29. The van der Waals surface area contributed by atoms with E-state index in [2.05, 4.69) is 15.0 Å². The number of rotatable bonds is 3. The summed E-state index contributed by atoms with van der Waals surface area (Å²) < 4.78 is 18.7. The largest absolute Gasteiger partial charge is 0.362 e. The summed E-state index contributed by atoms with van der Waals surface area (Å²) in [6.45, 7) is 1.46. The Kier molecular flexibility index (Phi) is 3.38. The van der Waals surface area contributed by atoms with E-state index in [-0.39, 0.29) is 5.82 Å². The monoisotopic (exact) mass is 315 g/mol. The Labute approximate surface area is 131 Å². The minimum absolute atomic E-state index is 0.182. The lowest BCUT2D eigenvalue weighted by atomic mass is 10.0. The molecule has 0 amide bonds. The lowest BCUT2D eigenvalue weighted by Gasteiger charge is -2.30. The minimum atomic E-state index is -0.182. The summed E-state index contributed by atoms with van der Waals surface area (Å²) in [7, 11) is 0. The molecular weight excluding hydrogens is 301 g/mol. The molecule has 6 heteroatoms. The van der Waals surface area contributed by atoms with Crippen LogP contribution in [0.4, 0.5) is 10.1 Å². The number of benzene rings is 1. The molecule has 3 heterocycles. The van der Waals surface area contributed by atoms with Crippen LogP contribution in [0.3, 0.4) is 0 Å². The summed E-state index contributed by atoms with van der Waals surface area (Å²) in [5.41, 5.74) is 2.10. The van der Waals surface area contributed by atoms with Gasteiger partial charge in [-0.1, -0.05) is 11.2 Å². The summed E-state index contributed by atoms with van der Waals surface area (Å²) in [5, 5.41) is 6.02. The van der Waals surface area contributed by atoms with Crippen molar-refractivity contribution in [2.45, 2.75) is 19.4 Å². The number of nitrogens with zero attached hydrogens (tertiary/aromatic N) is 3.